The number of imide groups is 2. The average molecular weight is 717 g/mol. The largest absolute Gasteiger partial charge is 0.483 e. The highest BCUT2D eigenvalue weighted by Gasteiger charge is 2.46. The van der Waals surface area contributed by atoms with E-state index in [0.29, 0.717) is 19.3 Å². The lowest BCUT2D eigenvalue weighted by atomic mass is 10.0. The number of unbranched alkanes of at least 4 members (excludes halogenated alkanes) is 2. The number of nitrogens with zero attached hydrogens (tertiary/aromatic N) is 3. The zero-order valence-corrected chi connectivity index (χ0v) is 27.9. The Morgan fingerprint density at radius 1 is 0.904 bits per heavy atom. The Balaban J connectivity index is 0.947. The van der Waals surface area contributed by atoms with Crippen molar-refractivity contribution in [3.8, 4) is 5.75 Å². The number of nitrogens with two attached hydrogens (primary N) is 2. The lowest BCUT2D eigenvalue weighted by Crippen LogP contribution is -2.54. The number of amides is 7. The van der Waals surface area contributed by atoms with E-state index in [2.05, 4.69) is 16.0 Å². The van der Waals surface area contributed by atoms with Gasteiger partial charge in [-0.3, -0.25) is 57.7 Å². The van der Waals surface area contributed by atoms with Gasteiger partial charge in [-0.15, -0.1) is 0 Å². The van der Waals surface area contributed by atoms with E-state index in [1.54, 1.807) is 0 Å². The molecule has 6 rings (SSSR count). The minimum Gasteiger partial charge on any atom is -0.483 e. The quantitative estimate of drug-likeness (QED) is 0.0772. The van der Waals surface area contributed by atoms with Crippen molar-refractivity contribution in [3.05, 3.63) is 67.9 Å². The van der Waals surface area contributed by atoms with Crippen molar-refractivity contribution in [2.45, 2.75) is 63.6 Å². The van der Waals surface area contributed by atoms with Crippen LogP contribution in [-0.2, 0) is 25.7 Å². The molecule has 0 radical (unpaired) electrons. The molecule has 18 nitrogen and oxygen atoms in total. The van der Waals surface area contributed by atoms with E-state index < -0.39 is 71.8 Å². The summed E-state index contributed by atoms with van der Waals surface area (Å²) in [5.74, 6) is -4.50. The molecule has 7 N–H and O–H groups in total. The number of carbonyl (C=O) groups is 7. The molecule has 1 saturated heterocycles. The van der Waals surface area contributed by atoms with E-state index in [1.165, 1.54) is 34.9 Å². The number of carbonyl (C=O) groups excluding carboxylic acids is 7. The molecule has 3 aromatic rings. The molecule has 272 valence electrons. The normalized spacial score (nSPS) is 16.8. The van der Waals surface area contributed by atoms with E-state index in [1.807, 2.05) is 0 Å². The number of hydrogen-bond donors (Lipinski definition) is 5. The van der Waals surface area contributed by atoms with Gasteiger partial charge in [-0.05, 0) is 62.8 Å². The minimum absolute atomic E-state index is 0.00830. The Bertz CT molecular complexity index is 2170. The number of rotatable bonds is 14. The summed E-state index contributed by atoms with van der Waals surface area (Å²) in [6, 6.07) is 5.71. The Morgan fingerprint density at radius 2 is 1.62 bits per heavy atom. The van der Waals surface area contributed by atoms with Crippen molar-refractivity contribution in [1.82, 2.24) is 30.0 Å². The first-order chi connectivity index (χ1) is 24.9. The number of ether oxygens (including phenoxy) is 1. The van der Waals surface area contributed by atoms with E-state index >= 15 is 0 Å². The second kappa shape index (κ2) is 14.5. The summed E-state index contributed by atoms with van der Waals surface area (Å²) < 4.78 is 7.84. The van der Waals surface area contributed by atoms with Gasteiger partial charge < -0.3 is 26.8 Å². The fourth-order valence-corrected chi connectivity index (χ4v) is 6.36. The molecular formula is C34H36N8O10. The summed E-state index contributed by atoms with van der Waals surface area (Å²) in [6.07, 6.45) is 3.13. The predicted molar refractivity (Wildman–Crippen MR) is 182 cm³/mol. The Morgan fingerprint density at radius 3 is 2.29 bits per heavy atom. The number of fused-ring (bicyclic) bond motifs is 2. The maximum absolute atomic E-state index is 13.3. The van der Waals surface area contributed by atoms with Crippen LogP contribution in [0.25, 0.3) is 10.9 Å². The second-order valence-corrected chi connectivity index (χ2v) is 12.8. The van der Waals surface area contributed by atoms with Gasteiger partial charge in [0.05, 0.1) is 27.6 Å². The van der Waals surface area contributed by atoms with Gasteiger partial charge in [0.25, 0.3) is 29.2 Å². The number of aromatic nitrogens is 2. The molecule has 2 fully saturated rings. The first-order valence-electron chi connectivity index (χ1n) is 16.8. The van der Waals surface area contributed by atoms with Gasteiger partial charge in [-0.2, -0.15) is 0 Å². The van der Waals surface area contributed by atoms with Gasteiger partial charge in [0, 0.05) is 31.2 Å². The highest BCUT2D eigenvalue weighted by molar-refractivity contribution is 6.24. The van der Waals surface area contributed by atoms with Crippen molar-refractivity contribution in [1.29, 1.82) is 0 Å². The summed E-state index contributed by atoms with van der Waals surface area (Å²) in [4.78, 5) is 114. The summed E-state index contributed by atoms with van der Waals surface area (Å²) in [5, 5.41) is 7.58. The molecule has 0 bridgehead atoms. The van der Waals surface area contributed by atoms with Crippen molar-refractivity contribution < 1.29 is 38.3 Å². The third-order valence-corrected chi connectivity index (χ3v) is 9.11. The van der Waals surface area contributed by atoms with Crippen molar-refractivity contribution in [2.75, 3.05) is 25.4 Å². The van der Waals surface area contributed by atoms with E-state index in [0.717, 1.165) is 22.3 Å². The monoisotopic (exact) mass is 716 g/mol. The van der Waals surface area contributed by atoms with Crippen LogP contribution in [0.1, 0.15) is 82.1 Å². The number of benzene rings is 2. The molecule has 0 spiro atoms. The number of nitrogens with one attached hydrogen (secondary N) is 3. The minimum atomic E-state index is -1.13. The van der Waals surface area contributed by atoms with Crippen LogP contribution in [0.5, 0.6) is 5.75 Å². The summed E-state index contributed by atoms with van der Waals surface area (Å²) in [6.45, 7) is -0.431. The van der Waals surface area contributed by atoms with Gasteiger partial charge >= 0.3 is 5.69 Å². The molecule has 7 amide bonds. The number of hydrogen-bond acceptors (Lipinski definition) is 11. The van der Waals surface area contributed by atoms with Gasteiger partial charge in [0.15, 0.2) is 6.61 Å². The van der Waals surface area contributed by atoms with Crippen LogP contribution in [0.4, 0.5) is 5.69 Å². The molecule has 1 unspecified atom stereocenters. The Hall–Kier alpha value is -6.33. The number of piperidine rings is 1. The van der Waals surface area contributed by atoms with Crippen LogP contribution in [0.2, 0.25) is 0 Å². The summed E-state index contributed by atoms with van der Waals surface area (Å²) in [7, 11) is 0. The average Bonchev–Trinajstić information content (AvgIpc) is 3.90. The highest BCUT2D eigenvalue weighted by Crippen LogP contribution is 2.36. The molecule has 1 atom stereocenters. The van der Waals surface area contributed by atoms with Crippen LogP contribution in [0.15, 0.2) is 39.9 Å². The fourth-order valence-electron chi connectivity index (χ4n) is 6.36. The summed E-state index contributed by atoms with van der Waals surface area (Å²) in [5.41, 5.74) is 10.2. The summed E-state index contributed by atoms with van der Waals surface area (Å²) >= 11 is 0. The van der Waals surface area contributed by atoms with Crippen molar-refractivity contribution >= 4 is 57.9 Å². The topological polar surface area (TPSA) is 264 Å². The second-order valence-electron chi connectivity index (χ2n) is 12.8. The van der Waals surface area contributed by atoms with Gasteiger partial charge in [0.1, 0.15) is 18.3 Å². The van der Waals surface area contributed by atoms with Gasteiger partial charge in [0.2, 0.25) is 17.7 Å². The molecule has 52 heavy (non-hydrogen) atoms. The smallest absolute Gasteiger partial charge is 0.332 e. The molecular weight excluding hydrogens is 680 g/mol. The molecule has 2 aromatic carbocycles. The lowest BCUT2D eigenvalue weighted by molar-refractivity contribution is -0.136. The Kier molecular flexibility index (Phi) is 9.89. The van der Waals surface area contributed by atoms with Crippen LogP contribution in [0.3, 0.4) is 0 Å². The first kappa shape index (κ1) is 35.5. The Labute approximate surface area is 294 Å². The molecule has 3 heterocycles. The SMILES string of the molecule is NC(=O)c1cc2c(=O)n(CC(=O)NCCCCCNC(=O)COc3cccc4c3C(=O)N(C3CCC(=O)NC3=O)C4=O)c(=O)n(C3CC3)c2cc1N. The molecule has 1 aromatic heterocycles. The van der Waals surface area contributed by atoms with Gasteiger partial charge in [-0.25, -0.2) is 4.79 Å². The predicted octanol–water partition coefficient (Wildman–Crippen LogP) is -0.938. The lowest BCUT2D eigenvalue weighted by Gasteiger charge is -2.27. The third kappa shape index (κ3) is 6.99. The van der Waals surface area contributed by atoms with Crippen LogP contribution < -0.4 is 43.4 Å². The van der Waals surface area contributed by atoms with Crippen LogP contribution >= 0.6 is 0 Å². The van der Waals surface area contributed by atoms with Crippen LogP contribution in [0, 0.1) is 0 Å². The van der Waals surface area contributed by atoms with E-state index in [4.69, 9.17) is 16.2 Å². The third-order valence-electron chi connectivity index (χ3n) is 9.11. The number of nitrogen functional groups attached to an aromatic ring is 1. The number of anilines is 1. The number of primary amides is 1. The molecule has 1 aliphatic carbocycles. The zero-order valence-electron chi connectivity index (χ0n) is 27.9. The molecule has 1 saturated carbocycles. The fraction of sp³-hybridized carbons (Fsp3) is 0.382. The highest BCUT2D eigenvalue weighted by atomic mass is 16.5. The maximum Gasteiger partial charge on any atom is 0.332 e. The zero-order chi connectivity index (χ0) is 37.3. The van der Waals surface area contributed by atoms with Gasteiger partial charge in [-0.1, -0.05) is 6.07 Å². The van der Waals surface area contributed by atoms with E-state index in [-0.39, 0.29) is 71.0 Å². The molecule has 3 aliphatic rings. The first-order valence-corrected chi connectivity index (χ1v) is 16.8. The van der Waals surface area contributed by atoms with Crippen LogP contribution in [-0.4, -0.2) is 81.1 Å². The van der Waals surface area contributed by atoms with Crippen molar-refractivity contribution in [3.63, 3.8) is 0 Å². The standard InChI is InChI=1S/C34H36N8O10/c35-21-14-23-20(13-19(21)29(36)46)31(48)40(34(51)41(23)17-7-8-17)15-26(44)37-11-2-1-3-12-38-27(45)16-52-24-6-4-5-18-28(24)33(50)42(32(18)49)22-9-10-25(43)39-30(22)47/h4-6,13-14,17,22H,1-3,7-12,15-16,35H2,(H2,36,46)(H,37,44)(H,38,45)(H,39,43,47). The molecule has 2 aliphatic heterocycles. The van der Waals surface area contributed by atoms with Crippen molar-refractivity contribution in [2.24, 2.45) is 5.73 Å². The maximum atomic E-state index is 13.3. The van der Waals surface area contributed by atoms with E-state index in [9.17, 15) is 43.2 Å². The molecule has 18 heteroatoms.